The highest BCUT2D eigenvalue weighted by molar-refractivity contribution is 7.99. The fourth-order valence-electron chi connectivity index (χ4n) is 6.33. The Morgan fingerprint density at radius 2 is 1.93 bits per heavy atom. The molecule has 0 unspecified atom stereocenters. The molecule has 2 heterocycles. The molecule has 0 spiro atoms. The number of methoxy groups -OCH3 is 2. The van der Waals surface area contributed by atoms with Crippen LogP contribution in [0.25, 0.3) is 0 Å². The van der Waals surface area contributed by atoms with Gasteiger partial charge in [-0.15, -0.1) is 0 Å². The number of likely N-dealkylation sites (N-methyl/N-ethyl adjacent to an activating group) is 1. The van der Waals surface area contributed by atoms with Crippen LogP contribution in [0.1, 0.15) is 72.8 Å². The lowest BCUT2D eigenvalue weighted by molar-refractivity contribution is -0.162. The van der Waals surface area contributed by atoms with Crippen LogP contribution in [0.4, 0.5) is 4.79 Å². The first-order valence-corrected chi connectivity index (χ1v) is 19.7. The Morgan fingerprint density at radius 1 is 1.22 bits per heavy atom. The lowest BCUT2D eigenvalue weighted by Crippen LogP contribution is -2.63. The predicted octanol–water partition coefficient (Wildman–Crippen LogP) is 5.21. The van der Waals surface area contributed by atoms with Crippen molar-refractivity contribution in [2.45, 2.75) is 121 Å². The molecule has 0 radical (unpaired) electrons. The Kier molecular flexibility index (Phi) is 16.7. The summed E-state index contributed by atoms with van der Waals surface area (Å²) < 4.78 is 28.6. The summed E-state index contributed by atoms with van der Waals surface area (Å²) in [5.74, 6) is -0.244. The number of cyclic esters (lactones) is 1. The van der Waals surface area contributed by atoms with Gasteiger partial charge in [-0.05, 0) is 62.5 Å². The summed E-state index contributed by atoms with van der Waals surface area (Å²) in [5, 5.41) is 17.7. The Bertz CT molecular complexity index is 1540. The smallest absolute Gasteiger partial charge is 0.409 e. The summed E-state index contributed by atoms with van der Waals surface area (Å²) in [6.07, 6.45) is 2.71. The summed E-state index contributed by atoms with van der Waals surface area (Å²) in [7, 11) is 6.07. The lowest BCUT2D eigenvalue weighted by atomic mass is 9.85. The second kappa shape index (κ2) is 20.0. The molecule has 1 aromatic rings. The van der Waals surface area contributed by atoms with Crippen LogP contribution < -0.4 is 15.4 Å². The largest absolute Gasteiger partial charge is 0.495 e. The fourth-order valence-corrected chi connectivity index (χ4v) is 7.28. The van der Waals surface area contributed by atoms with E-state index >= 15 is 0 Å². The maximum atomic E-state index is 13.3. The van der Waals surface area contributed by atoms with E-state index in [1.165, 1.54) is 19.1 Å². The van der Waals surface area contributed by atoms with E-state index < -0.39 is 53.8 Å². The number of hydrogen-bond acceptors (Lipinski definition) is 11. The maximum absolute atomic E-state index is 13.3. The molecule has 2 saturated heterocycles. The van der Waals surface area contributed by atoms with Gasteiger partial charge in [0.05, 0.1) is 24.7 Å². The second-order valence-corrected chi connectivity index (χ2v) is 16.6. The summed E-state index contributed by atoms with van der Waals surface area (Å²) in [6, 6.07) is 4.71. The number of benzene rings is 1. The monoisotopic (exact) mass is 795 g/mol. The average molecular weight is 796 g/mol. The number of amides is 3. The molecule has 0 aliphatic carbocycles. The van der Waals surface area contributed by atoms with Crippen molar-refractivity contribution in [2.75, 3.05) is 34.1 Å². The maximum Gasteiger partial charge on any atom is 0.409 e. The van der Waals surface area contributed by atoms with Crippen molar-refractivity contribution in [2.24, 2.45) is 5.92 Å². The fraction of sp³-hybridized carbons (Fsp3) is 0.641. The van der Waals surface area contributed by atoms with Crippen LogP contribution in [0, 0.1) is 5.92 Å². The molecule has 0 bridgehead atoms. The minimum Gasteiger partial charge on any atom is -0.495 e. The number of nitrogens with one attached hydrogen (secondary N) is 2. The molecule has 1 aromatic carbocycles. The van der Waals surface area contributed by atoms with Crippen molar-refractivity contribution in [3.05, 3.63) is 52.6 Å². The van der Waals surface area contributed by atoms with E-state index in [9.17, 15) is 24.3 Å². The van der Waals surface area contributed by atoms with E-state index in [2.05, 4.69) is 24.5 Å². The minimum absolute atomic E-state index is 0.0175. The van der Waals surface area contributed by atoms with E-state index in [-0.39, 0.29) is 37.0 Å². The predicted molar refractivity (Wildman–Crippen MR) is 208 cm³/mol. The highest BCUT2D eigenvalue weighted by Crippen LogP contribution is 2.46. The number of halogens is 1. The zero-order valence-corrected chi connectivity index (χ0v) is 34.7. The molecular weight excluding hydrogens is 738 g/mol. The van der Waals surface area contributed by atoms with Crippen molar-refractivity contribution in [3.63, 3.8) is 0 Å². The molecule has 3 rings (SSSR count). The van der Waals surface area contributed by atoms with Gasteiger partial charge in [0.1, 0.15) is 35.7 Å². The molecule has 3 N–H and O–H groups in total. The van der Waals surface area contributed by atoms with Crippen LogP contribution in [0.3, 0.4) is 0 Å². The highest BCUT2D eigenvalue weighted by Gasteiger charge is 2.61. The van der Waals surface area contributed by atoms with Crippen LogP contribution in [0.15, 0.2) is 42.0 Å². The topological polar surface area (TPSA) is 165 Å². The number of nitrogens with zero attached hydrogens (tertiary/aromatic N) is 1. The number of epoxide rings is 1. The highest BCUT2D eigenvalue weighted by atomic mass is 35.5. The first-order valence-electron chi connectivity index (χ1n) is 18.2. The Hall–Kier alpha value is -3.30. The Balaban J connectivity index is 1.65. The molecule has 0 aromatic heterocycles. The van der Waals surface area contributed by atoms with Crippen LogP contribution in [0.5, 0.6) is 5.75 Å². The van der Waals surface area contributed by atoms with Gasteiger partial charge in [0, 0.05) is 39.8 Å². The molecule has 54 heavy (non-hydrogen) atoms. The normalized spacial score (nSPS) is 24.9. The minimum atomic E-state index is -1.77. The number of aliphatic hydroxyl groups is 1. The van der Waals surface area contributed by atoms with Gasteiger partial charge in [-0.1, -0.05) is 62.2 Å². The molecule has 302 valence electrons. The second-order valence-electron chi connectivity index (χ2n) is 14.6. The lowest BCUT2D eigenvalue weighted by Gasteiger charge is -2.42. The van der Waals surface area contributed by atoms with E-state index in [4.69, 9.17) is 35.3 Å². The molecule has 2 aliphatic rings. The van der Waals surface area contributed by atoms with Gasteiger partial charge < -0.3 is 39.0 Å². The summed E-state index contributed by atoms with van der Waals surface area (Å²) >= 11 is 7.82. The van der Waals surface area contributed by atoms with Gasteiger partial charge in [0.25, 0.3) is 0 Å². The number of hydrogen-bond donors (Lipinski definition) is 3. The molecule has 3 amide bonds. The molecule has 15 heteroatoms. The molecule has 13 nitrogen and oxygen atoms in total. The number of ether oxygens (including phenoxy) is 5. The Morgan fingerprint density at radius 3 is 2.56 bits per heavy atom. The first-order chi connectivity index (χ1) is 25.4. The number of carbonyl (C=O) groups is 4. The average Bonchev–Trinajstić information content (AvgIpc) is 3.78. The van der Waals surface area contributed by atoms with Crippen LogP contribution in [-0.4, -0.2) is 115 Å². The van der Waals surface area contributed by atoms with Crippen LogP contribution in [-0.2, 0) is 39.8 Å². The number of rotatable bonds is 20. The van der Waals surface area contributed by atoms with Crippen LogP contribution in [0.2, 0.25) is 5.02 Å². The molecule has 2 fully saturated rings. The van der Waals surface area contributed by atoms with Gasteiger partial charge in [0.15, 0.2) is 5.72 Å². The zero-order chi connectivity index (χ0) is 40.4. The molecule has 0 saturated carbocycles. The first kappa shape index (κ1) is 45.1. The molecule has 2 aliphatic heterocycles. The van der Waals surface area contributed by atoms with Gasteiger partial charge in [-0.3, -0.25) is 14.9 Å². The number of esters is 1. The number of alkyl carbamates (subject to hydrolysis) is 1. The van der Waals surface area contributed by atoms with E-state index in [0.717, 1.165) is 11.1 Å². The third-order valence-corrected chi connectivity index (χ3v) is 11.4. The number of carbonyl (C=O) groups excluding carboxylic acids is 4. The van der Waals surface area contributed by atoms with E-state index in [1.807, 2.05) is 32.1 Å². The van der Waals surface area contributed by atoms with Gasteiger partial charge in [0.2, 0.25) is 11.8 Å². The Labute approximate surface area is 328 Å². The van der Waals surface area contributed by atoms with Crippen molar-refractivity contribution < 1.29 is 48.0 Å². The summed E-state index contributed by atoms with van der Waals surface area (Å²) in [6.45, 7) is 11.3. The van der Waals surface area contributed by atoms with Gasteiger partial charge >= 0.3 is 12.1 Å². The van der Waals surface area contributed by atoms with E-state index in [0.29, 0.717) is 34.6 Å². The van der Waals surface area contributed by atoms with Gasteiger partial charge in [-0.25, -0.2) is 9.59 Å². The quantitative estimate of drug-likeness (QED) is 0.0902. The zero-order valence-electron chi connectivity index (χ0n) is 33.1. The van der Waals surface area contributed by atoms with Crippen molar-refractivity contribution in [3.8, 4) is 5.75 Å². The number of allylic oxidation sites excluding steroid dienone is 3. The summed E-state index contributed by atoms with van der Waals surface area (Å²) in [4.78, 5) is 52.7. The SMILES string of the molecule is CNC(=O)C[C@H](OC(=O)[C@H](C)N(C)C(=O)CCSC(C)C)[C@]1(C)O[C@H]1C[C@H](C)[C@@H]1C[C@](O)([C@@H](/C=C/C=C(\C)Cc2ccc(Cl)c(OC)c2)OC)NC(=O)O1. The third kappa shape index (κ3) is 12.4. The van der Waals surface area contributed by atoms with Crippen molar-refractivity contribution in [1.29, 1.82) is 0 Å². The summed E-state index contributed by atoms with van der Waals surface area (Å²) in [5.41, 5.74) is -0.746. The third-order valence-electron chi connectivity index (χ3n) is 10.0. The van der Waals surface area contributed by atoms with E-state index in [1.54, 1.807) is 58.0 Å². The van der Waals surface area contributed by atoms with Crippen molar-refractivity contribution in [1.82, 2.24) is 15.5 Å². The molecular formula is C39H58ClN3O10S. The van der Waals surface area contributed by atoms with Gasteiger partial charge in [-0.2, -0.15) is 11.8 Å². The molecule has 8 atom stereocenters. The standard InChI is InChI=1S/C39H58ClN3O10S/c1-23(2)54-17-16-35(45)43(8)26(5)36(46)52-32(21-34(44)41-7)38(6)33(53-38)19-25(4)30-22-39(48,42-37(47)51-30)31(50-10)13-11-12-24(3)18-27-14-15-28(40)29(20-27)49-9/h11-15,20,23,25-26,30-33,48H,16-19,21-22H2,1-10H3,(H,41,44)(H,42,47)/b13-11+,24-12+/t25-,26-,30-,31+,32-,33-,38-,39-/m0/s1. The van der Waals surface area contributed by atoms with Crippen LogP contribution >= 0.6 is 23.4 Å². The number of thioether (sulfide) groups is 1. The van der Waals surface area contributed by atoms with Crippen molar-refractivity contribution >= 4 is 47.2 Å².